The van der Waals surface area contributed by atoms with Gasteiger partial charge in [-0.3, -0.25) is 9.48 Å². The maximum Gasteiger partial charge on any atom is 0.339 e. The minimum absolute atomic E-state index is 0.174. The first-order chi connectivity index (χ1) is 8.78. The zero-order valence-electron chi connectivity index (χ0n) is 11.3. The summed E-state index contributed by atoms with van der Waals surface area (Å²) in [4.78, 5) is 23.1. The first kappa shape index (κ1) is 13.6. The third-order valence-corrected chi connectivity index (χ3v) is 3.05. The monoisotopic (exact) mass is 266 g/mol. The maximum absolute atomic E-state index is 12.0. The Labute approximate surface area is 111 Å². The van der Waals surface area contributed by atoms with Gasteiger partial charge in [0.05, 0.1) is 17.8 Å². The fourth-order valence-corrected chi connectivity index (χ4v) is 2.20. The lowest BCUT2D eigenvalue weighted by Crippen LogP contribution is -2.33. The molecule has 0 aromatic carbocycles. The van der Waals surface area contributed by atoms with Crippen molar-refractivity contribution in [1.82, 2.24) is 9.78 Å². The highest BCUT2D eigenvalue weighted by molar-refractivity contribution is 5.89. The van der Waals surface area contributed by atoms with E-state index in [1.165, 1.54) is 6.20 Å². The van der Waals surface area contributed by atoms with Crippen LogP contribution in [0.3, 0.4) is 0 Å². The van der Waals surface area contributed by atoms with Crippen molar-refractivity contribution in [2.75, 3.05) is 0 Å². The van der Waals surface area contributed by atoms with Gasteiger partial charge in [0.1, 0.15) is 11.2 Å². The molecule has 1 aliphatic heterocycles. The van der Waals surface area contributed by atoms with E-state index in [9.17, 15) is 9.59 Å². The van der Waals surface area contributed by atoms with Crippen LogP contribution in [0.25, 0.3) is 0 Å². The van der Waals surface area contributed by atoms with Crippen LogP contribution in [-0.2, 0) is 22.5 Å². The van der Waals surface area contributed by atoms with Crippen molar-refractivity contribution in [2.45, 2.75) is 45.8 Å². The summed E-state index contributed by atoms with van der Waals surface area (Å²) in [5.41, 5.74) is 0.257. The third-order valence-electron chi connectivity index (χ3n) is 3.05. The highest BCUT2D eigenvalue weighted by Gasteiger charge is 2.31. The molecule has 0 saturated carbocycles. The molecule has 6 nitrogen and oxygen atoms in total. The van der Waals surface area contributed by atoms with Crippen molar-refractivity contribution in [3.63, 3.8) is 0 Å². The quantitative estimate of drug-likeness (QED) is 0.820. The molecule has 6 heteroatoms. The molecule has 0 fully saturated rings. The Bertz CT molecular complexity index is 513. The number of carboxylic acids is 1. The van der Waals surface area contributed by atoms with Gasteiger partial charge in [0.15, 0.2) is 0 Å². The maximum atomic E-state index is 12.0. The van der Waals surface area contributed by atoms with Crippen LogP contribution in [0.5, 0.6) is 0 Å². The van der Waals surface area contributed by atoms with Gasteiger partial charge in [0.25, 0.3) is 0 Å². The molecular weight excluding hydrogens is 248 g/mol. The van der Waals surface area contributed by atoms with E-state index in [4.69, 9.17) is 9.84 Å². The van der Waals surface area contributed by atoms with Crippen LogP contribution in [0.15, 0.2) is 6.20 Å². The lowest BCUT2D eigenvalue weighted by atomic mass is 9.94. The fraction of sp³-hybridized carbons (Fsp3) is 0.615. The van der Waals surface area contributed by atoms with Crippen LogP contribution in [0, 0.1) is 5.92 Å². The Morgan fingerprint density at radius 2 is 2.16 bits per heavy atom. The average Bonchev–Trinajstić information content (AvgIpc) is 2.68. The molecular formula is C13H18N2O4. The largest absolute Gasteiger partial charge is 0.478 e. The van der Waals surface area contributed by atoms with E-state index in [1.807, 2.05) is 20.8 Å². The van der Waals surface area contributed by atoms with Crippen LogP contribution >= 0.6 is 0 Å². The van der Waals surface area contributed by atoms with Gasteiger partial charge in [-0.15, -0.1) is 0 Å². The molecule has 19 heavy (non-hydrogen) atoms. The van der Waals surface area contributed by atoms with Crippen molar-refractivity contribution in [2.24, 2.45) is 5.92 Å². The minimum atomic E-state index is -1.01. The Kier molecular flexibility index (Phi) is 3.34. The molecule has 1 aromatic heterocycles. The number of hydrogen-bond acceptors (Lipinski definition) is 4. The van der Waals surface area contributed by atoms with Crippen LogP contribution in [0.4, 0.5) is 0 Å². The fourth-order valence-electron chi connectivity index (χ4n) is 2.20. The van der Waals surface area contributed by atoms with Crippen molar-refractivity contribution in [3.8, 4) is 0 Å². The zero-order valence-corrected chi connectivity index (χ0v) is 11.3. The molecule has 0 bridgehead atoms. The number of nitrogens with zero attached hydrogens (tertiary/aromatic N) is 2. The molecule has 0 radical (unpaired) electrons. The van der Waals surface area contributed by atoms with Gasteiger partial charge in [0.2, 0.25) is 0 Å². The third kappa shape index (κ3) is 2.94. The van der Waals surface area contributed by atoms with E-state index in [0.717, 1.165) is 0 Å². The van der Waals surface area contributed by atoms with E-state index in [0.29, 0.717) is 25.1 Å². The summed E-state index contributed by atoms with van der Waals surface area (Å²) in [6.45, 7) is 6.01. The summed E-state index contributed by atoms with van der Waals surface area (Å²) in [5, 5.41) is 13.1. The summed E-state index contributed by atoms with van der Waals surface area (Å²) in [5.74, 6) is -1.57. The second-order valence-corrected chi connectivity index (χ2v) is 5.76. The van der Waals surface area contributed by atoms with Gasteiger partial charge >= 0.3 is 11.9 Å². The van der Waals surface area contributed by atoms with E-state index < -0.39 is 11.6 Å². The lowest BCUT2D eigenvalue weighted by molar-refractivity contribution is -0.160. The summed E-state index contributed by atoms with van der Waals surface area (Å²) in [7, 11) is 0. The van der Waals surface area contributed by atoms with Crippen molar-refractivity contribution in [1.29, 1.82) is 0 Å². The van der Waals surface area contributed by atoms with Gasteiger partial charge in [-0.1, -0.05) is 0 Å². The van der Waals surface area contributed by atoms with Gasteiger partial charge in [-0.25, -0.2) is 4.79 Å². The molecule has 104 valence electrons. The summed E-state index contributed by atoms with van der Waals surface area (Å²) in [6, 6.07) is 0. The molecule has 1 N–H and O–H groups in total. The number of aryl methyl sites for hydroxylation is 1. The number of carbonyl (C=O) groups is 2. The number of carbonyl (C=O) groups excluding carboxylic acids is 1. The first-order valence-corrected chi connectivity index (χ1v) is 6.29. The Morgan fingerprint density at radius 3 is 2.74 bits per heavy atom. The van der Waals surface area contributed by atoms with Gasteiger partial charge < -0.3 is 9.84 Å². The predicted molar refractivity (Wildman–Crippen MR) is 66.8 cm³/mol. The molecule has 0 saturated heterocycles. The normalized spacial score (nSPS) is 18.8. The molecule has 0 aliphatic carbocycles. The second-order valence-electron chi connectivity index (χ2n) is 5.76. The average molecular weight is 266 g/mol. The van der Waals surface area contributed by atoms with Crippen molar-refractivity contribution in [3.05, 3.63) is 17.5 Å². The van der Waals surface area contributed by atoms with E-state index in [1.54, 1.807) is 4.68 Å². The summed E-state index contributed by atoms with van der Waals surface area (Å²) in [6.07, 6.45) is 2.34. The Balaban J connectivity index is 2.15. The second kappa shape index (κ2) is 4.68. The number of esters is 1. The van der Waals surface area contributed by atoms with Crippen LogP contribution < -0.4 is 0 Å². The molecule has 1 aliphatic rings. The number of aromatic carboxylic acids is 1. The smallest absolute Gasteiger partial charge is 0.339 e. The SMILES string of the molecule is CC(C)(C)OC(=O)C1CCn2ncc(C(=O)O)c2C1. The number of carboxylic acid groups (broad SMARTS) is 1. The Hall–Kier alpha value is -1.85. The lowest BCUT2D eigenvalue weighted by Gasteiger charge is -2.26. The number of rotatable bonds is 2. The summed E-state index contributed by atoms with van der Waals surface area (Å²) < 4.78 is 7.01. The van der Waals surface area contributed by atoms with Gasteiger partial charge in [-0.2, -0.15) is 5.10 Å². The zero-order chi connectivity index (χ0) is 14.2. The molecule has 0 spiro atoms. The van der Waals surface area contributed by atoms with E-state index >= 15 is 0 Å². The number of ether oxygens (including phenoxy) is 1. The molecule has 2 rings (SSSR count). The standard InChI is InChI=1S/C13H18N2O4/c1-13(2,3)19-12(18)8-4-5-15-10(6-8)9(7-14-15)11(16)17/h7-8H,4-6H2,1-3H3,(H,16,17). The molecule has 1 atom stereocenters. The van der Waals surface area contributed by atoms with Crippen LogP contribution in [0.2, 0.25) is 0 Å². The topological polar surface area (TPSA) is 81.4 Å². The minimum Gasteiger partial charge on any atom is -0.478 e. The van der Waals surface area contributed by atoms with Crippen LogP contribution in [0.1, 0.15) is 43.2 Å². The highest BCUT2D eigenvalue weighted by atomic mass is 16.6. The summed E-state index contributed by atoms with van der Waals surface area (Å²) >= 11 is 0. The molecule has 1 aromatic rings. The Morgan fingerprint density at radius 1 is 1.47 bits per heavy atom. The number of fused-ring (bicyclic) bond motifs is 1. The van der Waals surface area contributed by atoms with Gasteiger partial charge in [-0.05, 0) is 27.2 Å². The number of hydrogen-bond donors (Lipinski definition) is 1. The van der Waals surface area contributed by atoms with Crippen molar-refractivity contribution < 1.29 is 19.4 Å². The highest BCUT2D eigenvalue weighted by Crippen LogP contribution is 2.25. The van der Waals surface area contributed by atoms with Crippen molar-refractivity contribution >= 4 is 11.9 Å². The van der Waals surface area contributed by atoms with Gasteiger partial charge in [0, 0.05) is 13.0 Å². The van der Waals surface area contributed by atoms with E-state index in [-0.39, 0.29) is 17.5 Å². The molecule has 0 amide bonds. The molecule has 2 heterocycles. The first-order valence-electron chi connectivity index (χ1n) is 6.29. The van der Waals surface area contributed by atoms with E-state index in [2.05, 4.69) is 5.10 Å². The molecule has 1 unspecified atom stereocenters. The predicted octanol–water partition coefficient (Wildman–Crippen LogP) is 1.49. The number of aromatic nitrogens is 2. The van der Waals surface area contributed by atoms with Crippen LogP contribution in [-0.4, -0.2) is 32.4 Å².